The van der Waals surface area contributed by atoms with E-state index in [9.17, 15) is 18.0 Å². The van der Waals surface area contributed by atoms with Gasteiger partial charge < -0.3 is 19.9 Å². The largest absolute Gasteiger partial charge is 0.378 e. The van der Waals surface area contributed by atoms with Crippen molar-refractivity contribution in [3.05, 3.63) is 54.1 Å². The molecule has 2 fully saturated rings. The van der Waals surface area contributed by atoms with E-state index in [0.29, 0.717) is 43.1 Å². The fraction of sp³-hybridized carbons (Fsp3) is 0.391. The zero-order chi connectivity index (χ0) is 23.4. The third-order valence-electron chi connectivity index (χ3n) is 5.74. The first-order chi connectivity index (χ1) is 15.8. The van der Waals surface area contributed by atoms with Crippen LogP contribution in [0.5, 0.6) is 0 Å². The van der Waals surface area contributed by atoms with Crippen molar-refractivity contribution in [2.75, 3.05) is 66.7 Å². The number of hydrogen-bond acceptors (Lipinski definition) is 6. The van der Waals surface area contributed by atoms with E-state index < -0.39 is 10.0 Å². The molecule has 0 saturated carbocycles. The summed E-state index contributed by atoms with van der Waals surface area (Å²) in [6, 6.07) is 14.1. The van der Waals surface area contributed by atoms with Gasteiger partial charge in [0.15, 0.2) is 0 Å². The van der Waals surface area contributed by atoms with Crippen molar-refractivity contribution in [2.45, 2.75) is 6.42 Å². The van der Waals surface area contributed by atoms with Gasteiger partial charge in [0, 0.05) is 43.6 Å². The SMILES string of the molecule is CN(CC(=O)Nc1ccc(N2CCOCC2)cc1)C(=O)c1cccc(N2CCCS2(=O)=O)c1. The molecule has 2 aliphatic heterocycles. The van der Waals surface area contributed by atoms with Gasteiger partial charge in [-0.2, -0.15) is 0 Å². The van der Waals surface area contributed by atoms with Crippen LogP contribution >= 0.6 is 0 Å². The van der Waals surface area contributed by atoms with Crippen LogP contribution in [0.4, 0.5) is 17.1 Å². The van der Waals surface area contributed by atoms with Crippen LogP contribution in [0.3, 0.4) is 0 Å². The van der Waals surface area contributed by atoms with E-state index in [1.165, 1.54) is 9.21 Å². The summed E-state index contributed by atoms with van der Waals surface area (Å²) in [4.78, 5) is 28.9. The molecule has 0 unspecified atom stereocenters. The van der Waals surface area contributed by atoms with Crippen LogP contribution in [0.25, 0.3) is 0 Å². The first kappa shape index (κ1) is 23.1. The normalized spacial score (nSPS) is 17.6. The summed E-state index contributed by atoms with van der Waals surface area (Å²) >= 11 is 0. The van der Waals surface area contributed by atoms with Crippen LogP contribution in [0.2, 0.25) is 0 Å². The highest BCUT2D eigenvalue weighted by molar-refractivity contribution is 7.93. The molecule has 9 nitrogen and oxygen atoms in total. The van der Waals surface area contributed by atoms with Crippen LogP contribution in [0.1, 0.15) is 16.8 Å². The Hall–Kier alpha value is -3.11. The van der Waals surface area contributed by atoms with Gasteiger partial charge >= 0.3 is 0 Å². The first-order valence-electron chi connectivity index (χ1n) is 10.9. The smallest absolute Gasteiger partial charge is 0.254 e. The lowest BCUT2D eigenvalue weighted by atomic mass is 10.1. The topological polar surface area (TPSA) is 99.3 Å². The van der Waals surface area contributed by atoms with Crippen molar-refractivity contribution in [3.63, 3.8) is 0 Å². The Morgan fingerprint density at radius 2 is 1.76 bits per heavy atom. The van der Waals surface area contributed by atoms with Crippen molar-refractivity contribution < 1.29 is 22.7 Å². The Balaban J connectivity index is 1.35. The van der Waals surface area contributed by atoms with Gasteiger partial charge in [-0.3, -0.25) is 13.9 Å². The maximum absolute atomic E-state index is 12.8. The molecule has 33 heavy (non-hydrogen) atoms. The number of nitrogens with zero attached hydrogens (tertiary/aromatic N) is 3. The molecule has 1 N–H and O–H groups in total. The van der Waals surface area contributed by atoms with E-state index in [2.05, 4.69) is 10.2 Å². The number of ether oxygens (including phenoxy) is 1. The lowest BCUT2D eigenvalue weighted by Crippen LogP contribution is -2.36. The number of likely N-dealkylation sites (N-methyl/N-ethyl adjacent to an activating group) is 1. The number of nitrogens with one attached hydrogen (secondary N) is 1. The average molecular weight is 473 g/mol. The third kappa shape index (κ3) is 5.45. The Bertz CT molecular complexity index is 1110. The highest BCUT2D eigenvalue weighted by Crippen LogP contribution is 2.25. The summed E-state index contributed by atoms with van der Waals surface area (Å²) in [7, 11) is -1.79. The Kier molecular flexibility index (Phi) is 6.85. The molecule has 2 aromatic carbocycles. The molecule has 0 atom stereocenters. The summed E-state index contributed by atoms with van der Waals surface area (Å²) in [6.07, 6.45) is 0.563. The maximum Gasteiger partial charge on any atom is 0.254 e. The molecular weight excluding hydrogens is 444 g/mol. The third-order valence-corrected chi connectivity index (χ3v) is 7.60. The van der Waals surface area contributed by atoms with Gasteiger partial charge in [-0.15, -0.1) is 0 Å². The van der Waals surface area contributed by atoms with Gasteiger partial charge in [-0.25, -0.2) is 8.42 Å². The predicted molar refractivity (Wildman–Crippen MR) is 127 cm³/mol. The Morgan fingerprint density at radius 3 is 2.42 bits per heavy atom. The van der Waals surface area contributed by atoms with Crippen LogP contribution in [0, 0.1) is 0 Å². The van der Waals surface area contributed by atoms with E-state index in [1.807, 2.05) is 24.3 Å². The number of carbonyl (C=O) groups excluding carboxylic acids is 2. The van der Waals surface area contributed by atoms with Gasteiger partial charge in [0.25, 0.3) is 5.91 Å². The quantitative estimate of drug-likeness (QED) is 0.688. The second kappa shape index (κ2) is 9.80. The van der Waals surface area contributed by atoms with Crippen molar-refractivity contribution >= 4 is 38.9 Å². The molecule has 0 aliphatic carbocycles. The molecule has 0 bridgehead atoms. The summed E-state index contributed by atoms with van der Waals surface area (Å²) in [6.45, 7) is 3.36. The fourth-order valence-corrected chi connectivity index (χ4v) is 5.57. The lowest BCUT2D eigenvalue weighted by molar-refractivity contribution is -0.116. The first-order valence-corrected chi connectivity index (χ1v) is 12.5. The van der Waals surface area contributed by atoms with E-state index in [-0.39, 0.29) is 24.1 Å². The lowest BCUT2D eigenvalue weighted by Gasteiger charge is -2.28. The number of carbonyl (C=O) groups is 2. The van der Waals surface area contributed by atoms with Crippen LogP contribution in [-0.4, -0.2) is 77.3 Å². The number of amides is 2. The number of sulfonamides is 1. The Morgan fingerprint density at radius 1 is 1.03 bits per heavy atom. The second-order valence-electron chi connectivity index (χ2n) is 8.15. The molecule has 2 amide bonds. The zero-order valence-corrected chi connectivity index (χ0v) is 19.4. The van der Waals surface area contributed by atoms with Gasteiger partial charge in [0.1, 0.15) is 0 Å². The zero-order valence-electron chi connectivity index (χ0n) is 18.6. The minimum absolute atomic E-state index is 0.110. The van der Waals surface area contributed by atoms with Crippen molar-refractivity contribution in [1.82, 2.24) is 4.90 Å². The molecule has 176 valence electrons. The number of rotatable bonds is 6. The standard InChI is InChI=1S/C23H28N4O5S/c1-25(23(29)18-4-2-5-21(16-18)27-10-3-15-33(27,30)31)17-22(28)24-19-6-8-20(9-7-19)26-11-13-32-14-12-26/h2,4-9,16H,3,10-15,17H2,1H3,(H,24,28). The molecular formula is C23H28N4O5S. The van der Waals surface area contributed by atoms with Gasteiger partial charge in [0.05, 0.1) is 31.2 Å². The van der Waals surface area contributed by atoms with Crippen LogP contribution in [-0.2, 0) is 19.6 Å². The molecule has 4 rings (SSSR count). The number of hydrogen-bond donors (Lipinski definition) is 1. The number of benzene rings is 2. The minimum atomic E-state index is -3.33. The fourth-order valence-electron chi connectivity index (χ4n) is 4.01. The highest BCUT2D eigenvalue weighted by Gasteiger charge is 2.29. The van der Waals surface area contributed by atoms with Crippen LogP contribution < -0.4 is 14.5 Å². The minimum Gasteiger partial charge on any atom is -0.378 e. The maximum atomic E-state index is 12.8. The van der Waals surface area contributed by atoms with Crippen molar-refractivity contribution in [2.24, 2.45) is 0 Å². The molecule has 0 aromatic heterocycles. The van der Waals surface area contributed by atoms with Crippen molar-refractivity contribution in [3.8, 4) is 0 Å². The summed E-state index contributed by atoms with van der Waals surface area (Å²) < 4.78 is 31.1. The van der Waals surface area contributed by atoms with E-state index >= 15 is 0 Å². The molecule has 2 saturated heterocycles. The predicted octanol–water partition coefficient (Wildman–Crippen LogP) is 1.77. The molecule has 0 radical (unpaired) electrons. The van der Waals surface area contributed by atoms with Crippen LogP contribution in [0.15, 0.2) is 48.5 Å². The number of anilines is 3. The molecule has 2 aromatic rings. The molecule has 2 aliphatic rings. The van der Waals surface area contributed by atoms with Gasteiger partial charge in [0.2, 0.25) is 15.9 Å². The molecule has 2 heterocycles. The molecule has 0 spiro atoms. The monoisotopic (exact) mass is 472 g/mol. The summed E-state index contributed by atoms with van der Waals surface area (Å²) in [5.74, 6) is -0.562. The van der Waals surface area contributed by atoms with Gasteiger partial charge in [-0.05, 0) is 48.9 Å². The van der Waals surface area contributed by atoms with E-state index in [4.69, 9.17) is 4.74 Å². The second-order valence-corrected chi connectivity index (χ2v) is 10.2. The average Bonchev–Trinajstić information content (AvgIpc) is 3.18. The van der Waals surface area contributed by atoms with Gasteiger partial charge in [-0.1, -0.05) is 6.07 Å². The van der Waals surface area contributed by atoms with E-state index in [1.54, 1.807) is 31.3 Å². The Labute approximate surface area is 194 Å². The summed E-state index contributed by atoms with van der Waals surface area (Å²) in [5.41, 5.74) is 2.53. The highest BCUT2D eigenvalue weighted by atomic mass is 32.2. The van der Waals surface area contributed by atoms with Crippen molar-refractivity contribution in [1.29, 1.82) is 0 Å². The van der Waals surface area contributed by atoms with E-state index in [0.717, 1.165) is 18.8 Å². The summed E-state index contributed by atoms with van der Waals surface area (Å²) in [5, 5.41) is 2.81. The number of morpholine rings is 1. The molecule has 10 heteroatoms.